The molecule has 0 aliphatic carbocycles. The highest BCUT2D eigenvalue weighted by Gasteiger charge is 2.23. The van der Waals surface area contributed by atoms with Crippen molar-refractivity contribution < 1.29 is 9.53 Å². The van der Waals surface area contributed by atoms with Gasteiger partial charge in [0.05, 0.1) is 11.0 Å². The summed E-state index contributed by atoms with van der Waals surface area (Å²) in [6.45, 7) is 6.97. The molecule has 0 fully saturated rings. The van der Waals surface area contributed by atoms with Gasteiger partial charge in [-0.2, -0.15) is 4.57 Å². The number of hydrogen-bond acceptors (Lipinski definition) is 3. The van der Waals surface area contributed by atoms with E-state index in [4.69, 9.17) is 16.3 Å². The van der Waals surface area contributed by atoms with Gasteiger partial charge in [-0.3, -0.25) is 0 Å². The lowest BCUT2D eigenvalue weighted by molar-refractivity contribution is 0.0538. The first kappa shape index (κ1) is 13.7. The number of nitrogens with one attached hydrogen (secondary N) is 1. The van der Waals surface area contributed by atoms with Gasteiger partial charge in [-0.25, -0.2) is 9.59 Å². The predicted octanol–water partition coefficient (Wildman–Crippen LogP) is 3.07. The Morgan fingerprint density at radius 1 is 1.37 bits per heavy atom. The summed E-state index contributed by atoms with van der Waals surface area (Å²) < 4.78 is 6.20. The van der Waals surface area contributed by atoms with Crippen LogP contribution < -0.4 is 5.69 Å². The molecule has 1 N–H and O–H groups in total. The Morgan fingerprint density at radius 2 is 2.00 bits per heavy atom. The van der Waals surface area contributed by atoms with Crippen LogP contribution in [0.25, 0.3) is 11.0 Å². The number of imidazole rings is 1. The first-order valence-corrected chi connectivity index (χ1v) is 6.21. The maximum Gasteiger partial charge on any atom is 0.423 e. The standard InChI is InChI=1S/C13H15ClN2O3/c1-7-8(14)5-6-9-10(7)16(11(17)15-9)12(18)19-13(2,3)4/h5-6H,1-4H3,(H,15,17). The topological polar surface area (TPSA) is 64.1 Å². The van der Waals surface area contributed by atoms with Gasteiger partial charge < -0.3 is 9.72 Å². The Balaban J connectivity index is 2.67. The third-order valence-corrected chi connectivity index (χ3v) is 3.02. The van der Waals surface area contributed by atoms with E-state index in [0.29, 0.717) is 21.6 Å². The van der Waals surface area contributed by atoms with Crippen LogP contribution in [0.2, 0.25) is 5.02 Å². The molecule has 0 saturated carbocycles. The van der Waals surface area contributed by atoms with Crippen LogP contribution in [0.3, 0.4) is 0 Å². The molecule has 1 heterocycles. The molecule has 0 aliphatic rings. The Labute approximate surface area is 115 Å². The highest BCUT2D eigenvalue weighted by atomic mass is 35.5. The second-order valence-electron chi connectivity index (χ2n) is 5.31. The Kier molecular flexibility index (Phi) is 3.18. The number of aromatic amines is 1. The van der Waals surface area contributed by atoms with Gasteiger partial charge in [0.2, 0.25) is 0 Å². The zero-order valence-corrected chi connectivity index (χ0v) is 12.0. The van der Waals surface area contributed by atoms with Crippen molar-refractivity contribution in [2.24, 2.45) is 0 Å². The fourth-order valence-corrected chi connectivity index (χ4v) is 1.97. The number of aryl methyl sites for hydroxylation is 1. The fraction of sp³-hybridized carbons (Fsp3) is 0.385. The second kappa shape index (κ2) is 4.42. The minimum absolute atomic E-state index is 0.451. The van der Waals surface area contributed by atoms with Crippen LogP contribution in [-0.4, -0.2) is 21.2 Å². The molecule has 2 aromatic rings. The van der Waals surface area contributed by atoms with Gasteiger partial charge in [-0.05, 0) is 45.4 Å². The molecule has 0 saturated heterocycles. The molecule has 0 bridgehead atoms. The van der Waals surface area contributed by atoms with Crippen LogP contribution in [0.15, 0.2) is 16.9 Å². The quantitative estimate of drug-likeness (QED) is 0.807. The van der Waals surface area contributed by atoms with Crippen LogP contribution in [-0.2, 0) is 4.74 Å². The minimum atomic E-state index is -0.714. The largest absolute Gasteiger partial charge is 0.443 e. The number of carbonyl (C=O) groups is 1. The van der Waals surface area contributed by atoms with E-state index in [9.17, 15) is 9.59 Å². The number of H-pyrrole nitrogens is 1. The average Bonchev–Trinajstić information content (AvgIpc) is 2.58. The lowest BCUT2D eigenvalue weighted by Gasteiger charge is -2.19. The number of nitrogens with zero attached hydrogens (tertiary/aromatic N) is 1. The highest BCUT2D eigenvalue weighted by molar-refractivity contribution is 6.32. The summed E-state index contributed by atoms with van der Waals surface area (Å²) >= 11 is 6.03. The van der Waals surface area contributed by atoms with Crippen molar-refractivity contribution in [3.05, 3.63) is 33.2 Å². The molecule has 102 valence electrons. The van der Waals surface area contributed by atoms with E-state index in [0.717, 1.165) is 4.57 Å². The van der Waals surface area contributed by atoms with Crippen LogP contribution in [0.1, 0.15) is 26.3 Å². The Morgan fingerprint density at radius 3 is 2.58 bits per heavy atom. The molecule has 0 unspecified atom stereocenters. The second-order valence-corrected chi connectivity index (χ2v) is 5.72. The van der Waals surface area contributed by atoms with Crippen molar-refractivity contribution in [2.75, 3.05) is 0 Å². The molecule has 2 rings (SSSR count). The molecular weight excluding hydrogens is 268 g/mol. The molecule has 1 aromatic heterocycles. The fourth-order valence-electron chi connectivity index (χ4n) is 1.82. The minimum Gasteiger partial charge on any atom is -0.443 e. The number of fused-ring (bicyclic) bond motifs is 1. The van der Waals surface area contributed by atoms with Crippen molar-refractivity contribution in [1.82, 2.24) is 9.55 Å². The molecule has 1 aromatic carbocycles. The molecule has 0 spiro atoms. The third kappa shape index (κ3) is 2.51. The van der Waals surface area contributed by atoms with Crippen LogP contribution in [0.4, 0.5) is 4.79 Å². The van der Waals surface area contributed by atoms with Crippen molar-refractivity contribution in [2.45, 2.75) is 33.3 Å². The number of benzene rings is 1. The summed E-state index contributed by atoms with van der Waals surface area (Å²) in [7, 11) is 0. The van der Waals surface area contributed by atoms with Crippen molar-refractivity contribution in [3.63, 3.8) is 0 Å². The molecule has 6 heteroatoms. The molecule has 0 amide bonds. The summed E-state index contributed by atoms with van der Waals surface area (Å²) in [4.78, 5) is 26.6. The average molecular weight is 283 g/mol. The number of rotatable bonds is 0. The molecular formula is C13H15ClN2O3. The summed E-state index contributed by atoms with van der Waals surface area (Å²) in [5.74, 6) is 0. The molecule has 0 radical (unpaired) electrons. The number of aromatic nitrogens is 2. The Hall–Kier alpha value is -1.75. The normalized spacial score (nSPS) is 11.8. The van der Waals surface area contributed by atoms with E-state index < -0.39 is 17.4 Å². The molecule has 0 aliphatic heterocycles. The van der Waals surface area contributed by atoms with Gasteiger partial charge in [0.1, 0.15) is 5.60 Å². The zero-order chi connectivity index (χ0) is 14.4. The smallest absolute Gasteiger partial charge is 0.423 e. The lowest BCUT2D eigenvalue weighted by atomic mass is 10.2. The van der Waals surface area contributed by atoms with Gasteiger partial charge in [0.15, 0.2) is 0 Å². The number of hydrogen-bond donors (Lipinski definition) is 1. The van der Waals surface area contributed by atoms with Crippen LogP contribution in [0, 0.1) is 6.92 Å². The number of ether oxygens (including phenoxy) is 1. The van der Waals surface area contributed by atoms with Crippen molar-refractivity contribution in [1.29, 1.82) is 0 Å². The summed E-state index contributed by atoms with van der Waals surface area (Å²) in [6, 6.07) is 3.33. The highest BCUT2D eigenvalue weighted by Crippen LogP contribution is 2.24. The molecule has 0 atom stereocenters. The maximum absolute atomic E-state index is 12.1. The van der Waals surface area contributed by atoms with Gasteiger partial charge in [-0.15, -0.1) is 0 Å². The van der Waals surface area contributed by atoms with Crippen LogP contribution in [0.5, 0.6) is 0 Å². The summed E-state index contributed by atoms with van der Waals surface area (Å²) in [6.07, 6.45) is -0.714. The monoisotopic (exact) mass is 282 g/mol. The van der Waals surface area contributed by atoms with E-state index in [1.807, 2.05) is 0 Å². The van der Waals surface area contributed by atoms with E-state index in [1.165, 1.54) is 0 Å². The lowest BCUT2D eigenvalue weighted by Crippen LogP contribution is -2.32. The summed E-state index contributed by atoms with van der Waals surface area (Å²) in [5, 5.41) is 0.490. The predicted molar refractivity (Wildman–Crippen MR) is 73.9 cm³/mol. The van der Waals surface area contributed by atoms with E-state index in [2.05, 4.69) is 4.98 Å². The van der Waals surface area contributed by atoms with Gasteiger partial charge in [-0.1, -0.05) is 11.6 Å². The first-order chi connectivity index (χ1) is 8.70. The van der Waals surface area contributed by atoms with Gasteiger partial charge in [0, 0.05) is 5.02 Å². The zero-order valence-electron chi connectivity index (χ0n) is 11.2. The summed E-state index contributed by atoms with van der Waals surface area (Å²) in [5.41, 5.74) is 0.453. The SMILES string of the molecule is Cc1c(Cl)ccc2[nH]c(=O)n(C(=O)OC(C)(C)C)c12. The van der Waals surface area contributed by atoms with E-state index >= 15 is 0 Å². The first-order valence-electron chi connectivity index (χ1n) is 5.84. The molecule has 19 heavy (non-hydrogen) atoms. The maximum atomic E-state index is 12.1. The van der Waals surface area contributed by atoms with Gasteiger partial charge in [0.25, 0.3) is 0 Å². The van der Waals surface area contributed by atoms with E-state index in [-0.39, 0.29) is 0 Å². The van der Waals surface area contributed by atoms with Crippen molar-refractivity contribution >= 4 is 28.7 Å². The Bertz CT molecular complexity index is 707. The number of halogens is 1. The van der Waals surface area contributed by atoms with E-state index in [1.54, 1.807) is 39.8 Å². The third-order valence-electron chi connectivity index (χ3n) is 2.61. The van der Waals surface area contributed by atoms with Gasteiger partial charge >= 0.3 is 11.8 Å². The van der Waals surface area contributed by atoms with Crippen molar-refractivity contribution in [3.8, 4) is 0 Å². The van der Waals surface area contributed by atoms with Crippen LogP contribution >= 0.6 is 11.6 Å². The molecule has 5 nitrogen and oxygen atoms in total. The number of carbonyl (C=O) groups excluding carboxylic acids is 1.